The average Bonchev–Trinajstić information content (AvgIpc) is 2.69. The van der Waals surface area contributed by atoms with E-state index in [4.69, 9.17) is 4.74 Å². The first-order valence-corrected chi connectivity index (χ1v) is 5.03. The molecule has 16 heavy (non-hydrogen) atoms. The number of nitrogens with one attached hydrogen (secondary N) is 1. The SMILES string of the molecule is CCOC(=O)[C@@H]1Cc2c(ccc(F)c2F)N1. The van der Waals surface area contributed by atoms with Crippen LogP contribution in [0.25, 0.3) is 0 Å². The maximum absolute atomic E-state index is 13.4. The number of hydrogen-bond donors (Lipinski definition) is 1. The first kappa shape index (κ1) is 10.9. The van der Waals surface area contributed by atoms with Crippen molar-refractivity contribution in [2.75, 3.05) is 11.9 Å². The van der Waals surface area contributed by atoms with Crippen LogP contribution in [0.4, 0.5) is 14.5 Å². The zero-order valence-corrected chi connectivity index (χ0v) is 8.72. The molecule has 0 aliphatic carbocycles. The number of benzene rings is 1. The normalized spacial score (nSPS) is 17.8. The fraction of sp³-hybridized carbons (Fsp3) is 0.364. The van der Waals surface area contributed by atoms with Crippen LogP contribution in [0.2, 0.25) is 0 Å². The number of hydrogen-bond acceptors (Lipinski definition) is 3. The van der Waals surface area contributed by atoms with Crippen molar-refractivity contribution in [2.24, 2.45) is 0 Å². The van der Waals surface area contributed by atoms with Gasteiger partial charge in [0.2, 0.25) is 0 Å². The molecule has 1 heterocycles. The van der Waals surface area contributed by atoms with Gasteiger partial charge < -0.3 is 10.1 Å². The van der Waals surface area contributed by atoms with Gasteiger partial charge in [-0.3, -0.25) is 0 Å². The number of rotatable bonds is 2. The first-order chi connectivity index (χ1) is 7.63. The van der Waals surface area contributed by atoms with Crippen molar-refractivity contribution < 1.29 is 18.3 Å². The molecule has 0 amide bonds. The van der Waals surface area contributed by atoms with E-state index in [-0.39, 0.29) is 18.6 Å². The quantitative estimate of drug-likeness (QED) is 0.784. The lowest BCUT2D eigenvalue weighted by Gasteiger charge is -2.09. The Balaban J connectivity index is 2.21. The van der Waals surface area contributed by atoms with Gasteiger partial charge >= 0.3 is 5.97 Å². The molecule has 0 unspecified atom stereocenters. The van der Waals surface area contributed by atoms with Gasteiger partial charge in [0.05, 0.1) is 6.61 Å². The molecule has 0 radical (unpaired) electrons. The maximum Gasteiger partial charge on any atom is 0.328 e. The van der Waals surface area contributed by atoms with E-state index in [0.29, 0.717) is 5.69 Å². The molecule has 0 saturated heterocycles. The number of halogens is 2. The largest absolute Gasteiger partial charge is 0.464 e. The molecule has 1 aliphatic rings. The summed E-state index contributed by atoms with van der Waals surface area (Å²) < 4.78 is 31.1. The summed E-state index contributed by atoms with van der Waals surface area (Å²) >= 11 is 0. The lowest BCUT2D eigenvalue weighted by Crippen LogP contribution is -2.29. The van der Waals surface area contributed by atoms with Crippen LogP contribution in [0.5, 0.6) is 0 Å². The molecular weight excluding hydrogens is 216 g/mol. The number of ether oxygens (including phenoxy) is 1. The van der Waals surface area contributed by atoms with Crippen molar-refractivity contribution in [3.63, 3.8) is 0 Å². The monoisotopic (exact) mass is 227 g/mol. The highest BCUT2D eigenvalue weighted by molar-refractivity contribution is 5.82. The zero-order valence-electron chi connectivity index (χ0n) is 8.72. The van der Waals surface area contributed by atoms with Crippen LogP contribution < -0.4 is 5.32 Å². The Morgan fingerprint density at radius 1 is 1.56 bits per heavy atom. The molecule has 1 aromatic rings. The molecule has 0 spiro atoms. The molecule has 1 aliphatic heterocycles. The second-order valence-electron chi connectivity index (χ2n) is 3.54. The molecule has 1 N–H and O–H groups in total. The fourth-order valence-corrected chi connectivity index (χ4v) is 1.76. The van der Waals surface area contributed by atoms with Gasteiger partial charge in [-0.05, 0) is 19.1 Å². The van der Waals surface area contributed by atoms with Crippen LogP contribution >= 0.6 is 0 Å². The third-order valence-corrected chi connectivity index (χ3v) is 2.51. The lowest BCUT2D eigenvalue weighted by molar-refractivity contribution is -0.143. The Hall–Kier alpha value is -1.65. The van der Waals surface area contributed by atoms with E-state index in [1.54, 1.807) is 6.92 Å². The zero-order chi connectivity index (χ0) is 11.7. The molecule has 0 bridgehead atoms. The molecule has 3 nitrogen and oxygen atoms in total. The predicted octanol–water partition coefficient (Wildman–Crippen LogP) is 1.86. The van der Waals surface area contributed by atoms with Crippen LogP contribution in [0.15, 0.2) is 12.1 Å². The lowest BCUT2D eigenvalue weighted by atomic mass is 10.1. The van der Waals surface area contributed by atoms with Gasteiger partial charge in [-0.2, -0.15) is 0 Å². The minimum atomic E-state index is -0.898. The fourth-order valence-electron chi connectivity index (χ4n) is 1.76. The molecule has 0 aromatic heterocycles. The number of carbonyl (C=O) groups excluding carboxylic acids is 1. The smallest absolute Gasteiger partial charge is 0.328 e. The maximum atomic E-state index is 13.4. The van der Waals surface area contributed by atoms with Gasteiger partial charge in [0.1, 0.15) is 6.04 Å². The van der Waals surface area contributed by atoms with Crippen molar-refractivity contribution in [2.45, 2.75) is 19.4 Å². The van der Waals surface area contributed by atoms with E-state index in [0.717, 1.165) is 6.07 Å². The average molecular weight is 227 g/mol. The van der Waals surface area contributed by atoms with Gasteiger partial charge in [-0.1, -0.05) is 0 Å². The Morgan fingerprint density at radius 3 is 3.00 bits per heavy atom. The van der Waals surface area contributed by atoms with Crippen LogP contribution in [-0.2, 0) is 16.0 Å². The van der Waals surface area contributed by atoms with E-state index in [1.165, 1.54) is 6.07 Å². The highest BCUT2D eigenvalue weighted by Crippen LogP contribution is 2.29. The number of fused-ring (bicyclic) bond motifs is 1. The van der Waals surface area contributed by atoms with Crippen LogP contribution in [-0.4, -0.2) is 18.6 Å². The van der Waals surface area contributed by atoms with E-state index in [9.17, 15) is 13.6 Å². The van der Waals surface area contributed by atoms with Crippen molar-refractivity contribution in [1.29, 1.82) is 0 Å². The molecule has 0 fully saturated rings. The van der Waals surface area contributed by atoms with E-state index in [1.807, 2.05) is 0 Å². The van der Waals surface area contributed by atoms with Crippen molar-refractivity contribution >= 4 is 11.7 Å². The summed E-state index contributed by atoms with van der Waals surface area (Å²) in [5.74, 6) is -2.24. The topological polar surface area (TPSA) is 38.3 Å². The van der Waals surface area contributed by atoms with Crippen LogP contribution in [0.3, 0.4) is 0 Å². The van der Waals surface area contributed by atoms with Crippen LogP contribution in [0, 0.1) is 11.6 Å². The minimum Gasteiger partial charge on any atom is -0.464 e. The molecule has 0 saturated carbocycles. The molecule has 1 aromatic carbocycles. The second-order valence-corrected chi connectivity index (χ2v) is 3.54. The number of esters is 1. The molecule has 86 valence electrons. The summed E-state index contributed by atoms with van der Waals surface area (Å²) in [6.07, 6.45) is 0.123. The summed E-state index contributed by atoms with van der Waals surface area (Å²) in [5.41, 5.74) is 0.662. The second kappa shape index (κ2) is 4.08. The Kier molecular flexibility index (Phi) is 2.77. The van der Waals surface area contributed by atoms with E-state index < -0.39 is 23.6 Å². The van der Waals surface area contributed by atoms with Gasteiger partial charge in [0, 0.05) is 17.7 Å². The number of carbonyl (C=O) groups is 1. The third-order valence-electron chi connectivity index (χ3n) is 2.51. The Labute approximate surface area is 91.4 Å². The summed E-state index contributed by atoms with van der Waals surface area (Å²) in [4.78, 5) is 11.4. The highest BCUT2D eigenvalue weighted by Gasteiger charge is 2.30. The van der Waals surface area contributed by atoms with E-state index in [2.05, 4.69) is 5.32 Å². The van der Waals surface area contributed by atoms with Crippen molar-refractivity contribution in [1.82, 2.24) is 0 Å². The summed E-state index contributed by atoms with van der Waals surface area (Å²) in [5, 5.41) is 2.81. The van der Waals surface area contributed by atoms with Gasteiger partial charge in [-0.25, -0.2) is 13.6 Å². The third kappa shape index (κ3) is 1.73. The van der Waals surface area contributed by atoms with Gasteiger partial charge in [-0.15, -0.1) is 0 Å². The molecular formula is C11H11F2NO2. The van der Waals surface area contributed by atoms with E-state index >= 15 is 0 Å². The van der Waals surface area contributed by atoms with Gasteiger partial charge in [0.25, 0.3) is 0 Å². The molecule has 5 heteroatoms. The predicted molar refractivity (Wildman–Crippen MR) is 54.1 cm³/mol. The van der Waals surface area contributed by atoms with Crippen LogP contribution in [0.1, 0.15) is 12.5 Å². The van der Waals surface area contributed by atoms with Crippen molar-refractivity contribution in [3.8, 4) is 0 Å². The van der Waals surface area contributed by atoms with Crippen molar-refractivity contribution in [3.05, 3.63) is 29.3 Å². The summed E-state index contributed by atoms with van der Waals surface area (Å²) in [6.45, 7) is 1.96. The summed E-state index contributed by atoms with van der Waals surface area (Å²) in [6, 6.07) is 1.84. The Bertz CT molecular complexity index is 434. The first-order valence-electron chi connectivity index (χ1n) is 5.03. The minimum absolute atomic E-state index is 0.123. The Morgan fingerprint density at radius 2 is 2.31 bits per heavy atom. The number of anilines is 1. The standard InChI is InChI=1S/C11H11F2NO2/c1-2-16-11(15)9-5-6-8(14-9)4-3-7(12)10(6)13/h3-4,9,14H,2,5H2,1H3/t9-/m0/s1. The summed E-state index contributed by atoms with van der Waals surface area (Å²) in [7, 11) is 0. The highest BCUT2D eigenvalue weighted by atomic mass is 19.2. The molecule has 2 rings (SSSR count). The molecule has 1 atom stereocenters. The van der Waals surface area contributed by atoms with Gasteiger partial charge in [0.15, 0.2) is 11.6 Å².